The number of hydrogen-bond donors (Lipinski definition) is 2. The summed E-state index contributed by atoms with van der Waals surface area (Å²) in [4.78, 5) is -0.377. The van der Waals surface area contributed by atoms with E-state index in [9.17, 15) is 26.0 Å². The Balaban J connectivity index is 2.91. The molecule has 2 N–H and O–H groups in total. The molecule has 0 aliphatic heterocycles. The standard InChI is InChI=1S/C11H13ClF4N2O2S/c1-17-5-7-2-3-8(4-9(7)12)21(19,20)18-6-11(15,16)10(13)14/h2-4,10,17-18H,5-6H2,1H3. The van der Waals surface area contributed by atoms with Crippen molar-refractivity contribution in [1.82, 2.24) is 10.0 Å². The quantitative estimate of drug-likeness (QED) is 0.743. The van der Waals surface area contributed by atoms with E-state index in [1.54, 1.807) is 7.05 Å². The van der Waals surface area contributed by atoms with E-state index in [4.69, 9.17) is 11.6 Å². The molecule has 1 aromatic carbocycles. The molecule has 1 aromatic rings. The fourth-order valence-corrected chi connectivity index (χ4v) is 2.76. The molecule has 0 heterocycles. The van der Waals surface area contributed by atoms with Crippen molar-refractivity contribution >= 4 is 21.6 Å². The van der Waals surface area contributed by atoms with E-state index in [1.165, 1.54) is 10.8 Å². The monoisotopic (exact) mass is 348 g/mol. The van der Waals surface area contributed by atoms with E-state index in [0.29, 0.717) is 12.1 Å². The Morgan fingerprint density at radius 1 is 1.33 bits per heavy atom. The van der Waals surface area contributed by atoms with Gasteiger partial charge in [0, 0.05) is 11.6 Å². The molecule has 120 valence electrons. The normalized spacial score (nSPS) is 12.9. The lowest BCUT2D eigenvalue weighted by Crippen LogP contribution is -2.41. The van der Waals surface area contributed by atoms with Gasteiger partial charge < -0.3 is 5.32 Å². The number of alkyl halides is 4. The molecule has 0 saturated heterocycles. The fraction of sp³-hybridized carbons (Fsp3) is 0.455. The zero-order valence-electron chi connectivity index (χ0n) is 10.8. The fourth-order valence-electron chi connectivity index (χ4n) is 1.38. The molecule has 0 amide bonds. The van der Waals surface area contributed by atoms with E-state index < -0.39 is 28.9 Å². The largest absolute Gasteiger partial charge is 0.320 e. The Morgan fingerprint density at radius 2 is 1.95 bits per heavy atom. The Hall–Kier alpha value is -0.900. The molecule has 4 nitrogen and oxygen atoms in total. The average Bonchev–Trinajstić information content (AvgIpc) is 2.39. The minimum atomic E-state index is -4.44. The van der Waals surface area contributed by atoms with Gasteiger partial charge in [0.2, 0.25) is 10.0 Å². The molecular weight excluding hydrogens is 336 g/mol. The summed E-state index contributed by atoms with van der Waals surface area (Å²) in [6.07, 6.45) is -3.96. The van der Waals surface area contributed by atoms with Crippen LogP contribution in [0.25, 0.3) is 0 Å². The Labute approximate surface area is 124 Å². The maximum atomic E-state index is 12.7. The first kappa shape index (κ1) is 18.1. The molecule has 0 fully saturated rings. The smallest absolute Gasteiger partial charge is 0.316 e. The van der Waals surface area contributed by atoms with Crippen LogP contribution < -0.4 is 10.0 Å². The van der Waals surface area contributed by atoms with Gasteiger partial charge in [-0.3, -0.25) is 0 Å². The molecule has 1 rings (SSSR count). The molecule has 0 aromatic heterocycles. The molecule has 21 heavy (non-hydrogen) atoms. The van der Waals surface area contributed by atoms with Crippen LogP contribution in [0.5, 0.6) is 0 Å². The Morgan fingerprint density at radius 3 is 2.43 bits per heavy atom. The SMILES string of the molecule is CNCc1ccc(S(=O)(=O)NCC(F)(F)C(F)F)cc1Cl. The molecule has 0 saturated carbocycles. The molecular formula is C11H13ClF4N2O2S. The lowest BCUT2D eigenvalue weighted by Gasteiger charge is -2.16. The number of halogens is 5. The third-order valence-electron chi connectivity index (χ3n) is 2.52. The second-order valence-corrected chi connectivity index (χ2v) is 6.34. The molecule has 0 aliphatic rings. The van der Waals surface area contributed by atoms with Crippen LogP contribution in [0.4, 0.5) is 17.6 Å². The highest BCUT2D eigenvalue weighted by Gasteiger charge is 2.41. The van der Waals surface area contributed by atoms with Gasteiger partial charge in [-0.25, -0.2) is 21.9 Å². The number of benzene rings is 1. The number of sulfonamides is 1. The van der Waals surface area contributed by atoms with Gasteiger partial charge in [0.05, 0.1) is 11.4 Å². The van der Waals surface area contributed by atoms with Crippen molar-refractivity contribution in [1.29, 1.82) is 0 Å². The summed E-state index contributed by atoms with van der Waals surface area (Å²) in [5.41, 5.74) is 0.607. The summed E-state index contributed by atoms with van der Waals surface area (Å²) in [6, 6.07) is 3.62. The molecule has 0 unspecified atom stereocenters. The zero-order chi connectivity index (χ0) is 16.3. The van der Waals surface area contributed by atoms with Crippen LogP contribution in [0, 0.1) is 0 Å². The van der Waals surface area contributed by atoms with Crippen molar-refractivity contribution in [2.24, 2.45) is 0 Å². The zero-order valence-corrected chi connectivity index (χ0v) is 12.4. The first-order valence-electron chi connectivity index (χ1n) is 5.69. The van der Waals surface area contributed by atoms with Crippen LogP contribution in [-0.2, 0) is 16.6 Å². The van der Waals surface area contributed by atoms with Crippen LogP contribution >= 0.6 is 11.6 Å². The molecule has 0 radical (unpaired) electrons. The van der Waals surface area contributed by atoms with Gasteiger partial charge in [-0.05, 0) is 24.7 Å². The third kappa shape index (κ3) is 4.80. The predicted molar refractivity (Wildman–Crippen MR) is 70.4 cm³/mol. The summed E-state index contributed by atoms with van der Waals surface area (Å²) < 4.78 is 74.4. The maximum Gasteiger partial charge on any atom is 0.320 e. The minimum Gasteiger partial charge on any atom is -0.316 e. The van der Waals surface area contributed by atoms with Gasteiger partial charge in [0.1, 0.15) is 0 Å². The van der Waals surface area contributed by atoms with Crippen molar-refractivity contribution in [2.45, 2.75) is 23.8 Å². The molecule has 10 heteroatoms. The highest BCUT2D eigenvalue weighted by molar-refractivity contribution is 7.89. The van der Waals surface area contributed by atoms with E-state index in [2.05, 4.69) is 5.32 Å². The molecule has 0 spiro atoms. The lowest BCUT2D eigenvalue weighted by molar-refractivity contribution is -0.122. The van der Waals surface area contributed by atoms with Crippen LogP contribution in [0.1, 0.15) is 5.56 Å². The van der Waals surface area contributed by atoms with Gasteiger partial charge >= 0.3 is 12.3 Å². The summed E-state index contributed by atoms with van der Waals surface area (Å²) in [6.45, 7) is -1.31. The van der Waals surface area contributed by atoms with Crippen molar-refractivity contribution < 1.29 is 26.0 Å². The van der Waals surface area contributed by atoms with Crippen LogP contribution in [0.2, 0.25) is 5.02 Å². The van der Waals surface area contributed by atoms with Crippen molar-refractivity contribution in [2.75, 3.05) is 13.6 Å². The highest BCUT2D eigenvalue weighted by atomic mass is 35.5. The predicted octanol–water partition coefficient (Wildman–Crippen LogP) is 2.24. The van der Waals surface area contributed by atoms with Crippen LogP contribution in [0.15, 0.2) is 23.1 Å². The topological polar surface area (TPSA) is 58.2 Å². The van der Waals surface area contributed by atoms with E-state index >= 15 is 0 Å². The van der Waals surface area contributed by atoms with Gasteiger partial charge in [0.15, 0.2) is 0 Å². The summed E-state index contributed by atoms with van der Waals surface area (Å²) in [5, 5.41) is 2.93. The van der Waals surface area contributed by atoms with Gasteiger partial charge in [-0.15, -0.1) is 0 Å². The van der Waals surface area contributed by atoms with Gasteiger partial charge in [0.25, 0.3) is 0 Å². The number of hydrogen-bond acceptors (Lipinski definition) is 3. The summed E-state index contributed by atoms with van der Waals surface area (Å²) in [7, 11) is -2.69. The number of nitrogens with one attached hydrogen (secondary N) is 2. The summed E-state index contributed by atoms with van der Waals surface area (Å²) in [5.74, 6) is -4.44. The Kier molecular flexibility index (Phi) is 5.97. The average molecular weight is 349 g/mol. The highest BCUT2D eigenvalue weighted by Crippen LogP contribution is 2.24. The maximum absolute atomic E-state index is 12.7. The second-order valence-electron chi connectivity index (χ2n) is 4.17. The first-order valence-corrected chi connectivity index (χ1v) is 7.55. The van der Waals surface area contributed by atoms with Gasteiger partial charge in [-0.1, -0.05) is 17.7 Å². The third-order valence-corrected chi connectivity index (χ3v) is 4.27. The number of rotatable bonds is 7. The molecule has 0 aliphatic carbocycles. The van der Waals surface area contributed by atoms with Gasteiger partial charge in [-0.2, -0.15) is 8.78 Å². The van der Waals surface area contributed by atoms with Crippen LogP contribution in [0.3, 0.4) is 0 Å². The molecule has 0 atom stereocenters. The molecule has 0 bridgehead atoms. The minimum absolute atomic E-state index is 0.118. The van der Waals surface area contributed by atoms with Crippen LogP contribution in [-0.4, -0.2) is 34.4 Å². The van der Waals surface area contributed by atoms with Crippen molar-refractivity contribution in [3.05, 3.63) is 28.8 Å². The van der Waals surface area contributed by atoms with Crippen molar-refractivity contribution in [3.8, 4) is 0 Å². The first-order chi connectivity index (χ1) is 9.60. The van der Waals surface area contributed by atoms with Crippen molar-refractivity contribution in [3.63, 3.8) is 0 Å². The van der Waals surface area contributed by atoms with E-state index in [-0.39, 0.29) is 9.92 Å². The Bertz CT molecular complexity index is 596. The lowest BCUT2D eigenvalue weighted by atomic mass is 10.2. The van der Waals surface area contributed by atoms with E-state index in [0.717, 1.165) is 12.1 Å². The summed E-state index contributed by atoms with van der Waals surface area (Å²) >= 11 is 5.85. The second kappa shape index (κ2) is 6.91. The van der Waals surface area contributed by atoms with E-state index in [1.807, 2.05) is 0 Å².